The van der Waals surface area contributed by atoms with Gasteiger partial charge >= 0.3 is 6.09 Å². The van der Waals surface area contributed by atoms with Gasteiger partial charge in [-0.3, -0.25) is 5.32 Å². The average molecular weight is 350 g/mol. The maximum Gasteiger partial charge on any atom is 0.412 e. The van der Waals surface area contributed by atoms with Crippen molar-refractivity contribution in [3.8, 4) is 0 Å². The second kappa shape index (κ2) is 6.83. The monoisotopic (exact) mass is 350 g/mol. The van der Waals surface area contributed by atoms with Gasteiger partial charge in [0.1, 0.15) is 5.60 Å². The molecule has 1 aromatic carbocycles. The predicted octanol–water partition coefficient (Wildman–Crippen LogP) is 2.62. The summed E-state index contributed by atoms with van der Waals surface area (Å²) in [5, 5.41) is 2.53. The van der Waals surface area contributed by atoms with Crippen LogP contribution < -0.4 is 10.0 Å². The summed E-state index contributed by atoms with van der Waals surface area (Å²) in [6.07, 6.45) is 2.24. The first-order valence-corrected chi connectivity index (χ1v) is 8.54. The van der Waals surface area contributed by atoms with Crippen LogP contribution >= 0.6 is 0 Å². The van der Waals surface area contributed by atoms with Crippen LogP contribution in [0.3, 0.4) is 0 Å². The van der Waals surface area contributed by atoms with Gasteiger partial charge in [-0.15, -0.1) is 0 Å². The number of carbonyl (C=O) groups is 1. The first-order chi connectivity index (χ1) is 11.2. The molecule has 0 aliphatic carbocycles. The van der Waals surface area contributed by atoms with Crippen LogP contribution in [0.25, 0.3) is 0 Å². The van der Waals surface area contributed by atoms with Gasteiger partial charge in [-0.1, -0.05) is 0 Å². The smallest absolute Gasteiger partial charge is 0.412 e. The minimum Gasteiger partial charge on any atom is -0.444 e. The summed E-state index contributed by atoms with van der Waals surface area (Å²) in [7, 11) is -3.81. The minimum atomic E-state index is -3.81. The first kappa shape index (κ1) is 17.7. The van der Waals surface area contributed by atoms with Crippen LogP contribution in [-0.2, 0) is 14.8 Å². The normalized spacial score (nSPS) is 11.6. The van der Waals surface area contributed by atoms with Crippen molar-refractivity contribution in [1.82, 2.24) is 9.97 Å². The molecule has 0 unspecified atom stereocenters. The highest BCUT2D eigenvalue weighted by Gasteiger charge is 2.18. The Morgan fingerprint density at radius 1 is 1.08 bits per heavy atom. The molecule has 1 amide bonds. The van der Waals surface area contributed by atoms with Crippen LogP contribution in [0.5, 0.6) is 0 Å². The summed E-state index contributed by atoms with van der Waals surface area (Å²) in [6.45, 7) is 5.25. The molecule has 128 valence electrons. The van der Waals surface area contributed by atoms with Crippen molar-refractivity contribution in [2.75, 3.05) is 10.0 Å². The molecule has 0 spiro atoms. The number of hydrogen-bond acceptors (Lipinski definition) is 6. The zero-order chi connectivity index (χ0) is 17.8. The lowest BCUT2D eigenvalue weighted by molar-refractivity contribution is 0.0636. The highest BCUT2D eigenvalue weighted by atomic mass is 32.2. The number of benzene rings is 1. The molecule has 0 saturated carbocycles. The summed E-state index contributed by atoms with van der Waals surface area (Å²) in [5.74, 6) is -0.0199. The first-order valence-electron chi connectivity index (χ1n) is 7.06. The highest BCUT2D eigenvalue weighted by molar-refractivity contribution is 7.92. The van der Waals surface area contributed by atoms with E-state index in [1.54, 1.807) is 26.8 Å². The van der Waals surface area contributed by atoms with Gasteiger partial charge in [0, 0.05) is 18.1 Å². The van der Waals surface area contributed by atoms with E-state index in [1.807, 2.05) is 0 Å². The van der Waals surface area contributed by atoms with Gasteiger partial charge < -0.3 is 4.74 Å². The van der Waals surface area contributed by atoms with Crippen molar-refractivity contribution >= 4 is 27.8 Å². The van der Waals surface area contributed by atoms with Crippen LogP contribution in [0.2, 0.25) is 0 Å². The molecular weight excluding hydrogens is 332 g/mol. The fourth-order valence-corrected chi connectivity index (χ4v) is 2.63. The van der Waals surface area contributed by atoms with Crippen molar-refractivity contribution in [3.05, 3.63) is 42.7 Å². The highest BCUT2D eigenvalue weighted by Crippen LogP contribution is 2.17. The summed E-state index contributed by atoms with van der Waals surface area (Å²) in [6, 6.07) is 7.22. The Morgan fingerprint density at radius 2 is 1.67 bits per heavy atom. The molecule has 1 heterocycles. The second-order valence-electron chi connectivity index (χ2n) is 5.83. The molecule has 2 rings (SSSR count). The number of anilines is 2. The summed E-state index contributed by atoms with van der Waals surface area (Å²) < 4.78 is 31.8. The fourth-order valence-electron chi connectivity index (χ4n) is 1.67. The topological polar surface area (TPSA) is 110 Å². The number of carbonyl (C=O) groups excluding carboxylic acids is 1. The number of sulfonamides is 1. The predicted molar refractivity (Wildman–Crippen MR) is 89.1 cm³/mol. The minimum absolute atomic E-state index is 0.0182. The Labute approximate surface area is 140 Å². The van der Waals surface area contributed by atoms with E-state index < -0.39 is 21.7 Å². The van der Waals surface area contributed by atoms with E-state index in [1.165, 1.54) is 36.7 Å². The molecule has 2 aromatic rings. The Balaban J connectivity index is 2.07. The lowest BCUT2D eigenvalue weighted by Gasteiger charge is -2.19. The van der Waals surface area contributed by atoms with Crippen LogP contribution in [0.4, 0.5) is 16.4 Å². The molecule has 24 heavy (non-hydrogen) atoms. The largest absolute Gasteiger partial charge is 0.444 e. The van der Waals surface area contributed by atoms with E-state index in [4.69, 9.17) is 4.74 Å². The molecule has 0 fully saturated rings. The second-order valence-corrected chi connectivity index (χ2v) is 7.51. The molecule has 9 heteroatoms. The molecule has 0 bridgehead atoms. The summed E-state index contributed by atoms with van der Waals surface area (Å²) in [4.78, 5) is 19.3. The van der Waals surface area contributed by atoms with Crippen molar-refractivity contribution < 1.29 is 17.9 Å². The van der Waals surface area contributed by atoms with Gasteiger partial charge in [-0.2, -0.15) is 0 Å². The van der Waals surface area contributed by atoms with Gasteiger partial charge in [0.2, 0.25) is 5.95 Å². The van der Waals surface area contributed by atoms with Crippen molar-refractivity contribution in [2.24, 2.45) is 0 Å². The number of nitrogens with one attached hydrogen (secondary N) is 2. The van der Waals surface area contributed by atoms with E-state index in [9.17, 15) is 13.2 Å². The molecule has 8 nitrogen and oxygen atoms in total. The van der Waals surface area contributed by atoms with Crippen LogP contribution in [0.1, 0.15) is 20.8 Å². The lowest BCUT2D eigenvalue weighted by atomic mass is 10.2. The van der Waals surface area contributed by atoms with Crippen molar-refractivity contribution in [3.63, 3.8) is 0 Å². The maximum atomic E-state index is 12.2. The summed E-state index contributed by atoms with van der Waals surface area (Å²) in [5.41, 5.74) is -0.202. The van der Waals surface area contributed by atoms with Gasteiger partial charge in [0.05, 0.1) is 4.90 Å². The SMILES string of the molecule is CC(C)(C)OC(=O)Nc1ccc(S(=O)(=O)Nc2ncccn2)cc1. The Bertz CT molecular complexity index is 800. The number of aromatic nitrogens is 2. The van der Waals surface area contributed by atoms with Crippen LogP contribution in [0, 0.1) is 0 Å². The molecular formula is C15H18N4O4S. The Hall–Kier alpha value is -2.68. The number of ether oxygens (including phenoxy) is 1. The van der Waals surface area contributed by atoms with Crippen LogP contribution in [0.15, 0.2) is 47.6 Å². The molecule has 1 aromatic heterocycles. The summed E-state index contributed by atoms with van der Waals surface area (Å²) >= 11 is 0. The van der Waals surface area contributed by atoms with E-state index >= 15 is 0 Å². The van der Waals surface area contributed by atoms with Gasteiger partial charge in [-0.05, 0) is 51.1 Å². The van der Waals surface area contributed by atoms with E-state index in [-0.39, 0.29) is 10.8 Å². The number of rotatable bonds is 4. The average Bonchev–Trinajstić information content (AvgIpc) is 2.46. The van der Waals surface area contributed by atoms with E-state index in [0.717, 1.165) is 0 Å². The maximum absolute atomic E-state index is 12.2. The van der Waals surface area contributed by atoms with Crippen molar-refractivity contribution in [1.29, 1.82) is 0 Å². The van der Waals surface area contributed by atoms with E-state index in [0.29, 0.717) is 5.69 Å². The molecule has 0 atom stereocenters. The zero-order valence-corrected chi connectivity index (χ0v) is 14.3. The molecule has 0 radical (unpaired) electrons. The lowest BCUT2D eigenvalue weighted by Crippen LogP contribution is -2.27. The Morgan fingerprint density at radius 3 is 2.21 bits per heavy atom. The molecule has 0 aliphatic rings. The quantitative estimate of drug-likeness (QED) is 0.877. The fraction of sp³-hybridized carbons (Fsp3) is 0.267. The number of amides is 1. The van der Waals surface area contributed by atoms with Gasteiger partial charge in [-0.25, -0.2) is 27.9 Å². The third-order valence-corrected chi connectivity index (χ3v) is 3.95. The number of nitrogens with zero attached hydrogens (tertiary/aromatic N) is 2. The molecule has 0 saturated heterocycles. The third-order valence-electron chi connectivity index (χ3n) is 2.60. The van der Waals surface area contributed by atoms with Crippen LogP contribution in [-0.4, -0.2) is 30.1 Å². The number of hydrogen-bond donors (Lipinski definition) is 2. The van der Waals surface area contributed by atoms with E-state index in [2.05, 4.69) is 20.0 Å². The standard InChI is InChI=1S/C15H18N4O4S/c1-15(2,3)23-14(20)18-11-5-7-12(8-6-11)24(21,22)19-13-16-9-4-10-17-13/h4-10H,1-3H3,(H,18,20)(H,16,17,19). The van der Waals surface area contributed by atoms with Crippen molar-refractivity contribution in [2.45, 2.75) is 31.3 Å². The third kappa shape index (κ3) is 5.20. The Kier molecular flexibility index (Phi) is 5.03. The molecule has 0 aliphatic heterocycles. The van der Waals surface area contributed by atoms with Gasteiger partial charge in [0.25, 0.3) is 10.0 Å². The van der Waals surface area contributed by atoms with Gasteiger partial charge in [0.15, 0.2) is 0 Å². The zero-order valence-electron chi connectivity index (χ0n) is 13.5. The molecule has 2 N–H and O–H groups in total.